The predicted octanol–water partition coefficient (Wildman–Crippen LogP) is 3.01. The number of hydrogen-bond donors (Lipinski definition) is 2. The molecule has 0 aromatic heterocycles. The Bertz CT molecular complexity index is 411. The van der Waals surface area contributed by atoms with Crippen LogP contribution in [-0.2, 0) is 6.18 Å². The van der Waals surface area contributed by atoms with Gasteiger partial charge in [-0.2, -0.15) is 13.2 Å². The first-order chi connectivity index (χ1) is 8.47. The van der Waals surface area contributed by atoms with E-state index in [9.17, 15) is 17.6 Å². The lowest BCUT2D eigenvalue weighted by atomic mass is 10.1. The lowest BCUT2D eigenvalue weighted by molar-refractivity contribution is -0.137. The topological polar surface area (TPSA) is 24.1 Å². The lowest BCUT2D eigenvalue weighted by Crippen LogP contribution is -2.35. The first kappa shape index (κ1) is 13.1. The van der Waals surface area contributed by atoms with Crippen molar-refractivity contribution in [3.8, 4) is 0 Å². The van der Waals surface area contributed by atoms with E-state index in [-0.39, 0.29) is 11.7 Å². The van der Waals surface area contributed by atoms with Crippen molar-refractivity contribution >= 4 is 5.69 Å². The zero-order chi connectivity index (χ0) is 13.2. The van der Waals surface area contributed by atoms with Crippen LogP contribution in [0.4, 0.5) is 23.2 Å². The highest BCUT2D eigenvalue weighted by Gasteiger charge is 2.31. The number of hydrogen-bond acceptors (Lipinski definition) is 2. The monoisotopic (exact) mass is 262 g/mol. The van der Waals surface area contributed by atoms with Gasteiger partial charge in [0.05, 0.1) is 11.3 Å². The highest BCUT2D eigenvalue weighted by Crippen LogP contribution is 2.32. The van der Waals surface area contributed by atoms with Crippen LogP contribution in [0.3, 0.4) is 0 Å². The number of rotatable bonds is 2. The summed E-state index contributed by atoms with van der Waals surface area (Å²) in [5.74, 6) is -0.651. The molecular weight excluding hydrogens is 248 g/mol. The Kier molecular flexibility index (Phi) is 3.75. The number of anilines is 1. The number of alkyl halides is 3. The summed E-state index contributed by atoms with van der Waals surface area (Å²) in [7, 11) is 0. The SMILES string of the molecule is Fc1ccc(C(F)(F)F)cc1NC1CCNCC1. The van der Waals surface area contributed by atoms with Gasteiger partial charge in [0.1, 0.15) is 5.82 Å². The maximum atomic E-state index is 13.5. The second kappa shape index (κ2) is 5.14. The molecule has 18 heavy (non-hydrogen) atoms. The summed E-state index contributed by atoms with van der Waals surface area (Å²) in [6.07, 6.45) is -2.90. The molecular formula is C12H14F4N2. The van der Waals surface area contributed by atoms with E-state index in [2.05, 4.69) is 10.6 Å². The average molecular weight is 262 g/mol. The number of benzene rings is 1. The van der Waals surface area contributed by atoms with Gasteiger partial charge < -0.3 is 10.6 Å². The van der Waals surface area contributed by atoms with Gasteiger partial charge in [-0.05, 0) is 44.1 Å². The van der Waals surface area contributed by atoms with Crippen LogP contribution in [0.15, 0.2) is 18.2 Å². The average Bonchev–Trinajstić information content (AvgIpc) is 2.32. The summed E-state index contributed by atoms with van der Waals surface area (Å²) >= 11 is 0. The Morgan fingerprint density at radius 1 is 1.17 bits per heavy atom. The highest BCUT2D eigenvalue weighted by atomic mass is 19.4. The smallest absolute Gasteiger partial charge is 0.380 e. The largest absolute Gasteiger partial charge is 0.416 e. The van der Waals surface area contributed by atoms with Gasteiger partial charge in [-0.15, -0.1) is 0 Å². The molecule has 0 amide bonds. The quantitative estimate of drug-likeness (QED) is 0.801. The molecule has 1 aliphatic rings. The van der Waals surface area contributed by atoms with Gasteiger partial charge in [0.25, 0.3) is 0 Å². The van der Waals surface area contributed by atoms with Crippen molar-refractivity contribution in [3.05, 3.63) is 29.6 Å². The Balaban J connectivity index is 2.15. The van der Waals surface area contributed by atoms with E-state index in [1.165, 1.54) is 0 Å². The lowest BCUT2D eigenvalue weighted by Gasteiger charge is -2.25. The van der Waals surface area contributed by atoms with Crippen molar-refractivity contribution in [2.75, 3.05) is 18.4 Å². The molecule has 2 N–H and O–H groups in total. The third kappa shape index (κ3) is 3.13. The number of halogens is 4. The van der Waals surface area contributed by atoms with Crippen LogP contribution in [0.5, 0.6) is 0 Å². The van der Waals surface area contributed by atoms with Gasteiger partial charge in [0, 0.05) is 6.04 Å². The van der Waals surface area contributed by atoms with Crippen LogP contribution in [0.25, 0.3) is 0 Å². The number of piperidine rings is 1. The minimum atomic E-state index is -4.45. The molecule has 100 valence electrons. The maximum absolute atomic E-state index is 13.5. The van der Waals surface area contributed by atoms with Crippen LogP contribution in [0.1, 0.15) is 18.4 Å². The Hall–Kier alpha value is -1.30. The van der Waals surface area contributed by atoms with E-state index >= 15 is 0 Å². The molecule has 2 rings (SSSR count). The van der Waals surface area contributed by atoms with E-state index in [4.69, 9.17) is 0 Å². The summed E-state index contributed by atoms with van der Waals surface area (Å²) in [6.45, 7) is 1.58. The molecule has 6 heteroatoms. The fraction of sp³-hybridized carbons (Fsp3) is 0.500. The van der Waals surface area contributed by atoms with Gasteiger partial charge in [-0.1, -0.05) is 0 Å². The van der Waals surface area contributed by atoms with Gasteiger partial charge in [-0.25, -0.2) is 4.39 Å². The van der Waals surface area contributed by atoms with Gasteiger partial charge in [0.2, 0.25) is 0 Å². The molecule has 1 aromatic carbocycles. The predicted molar refractivity (Wildman–Crippen MR) is 60.9 cm³/mol. The van der Waals surface area contributed by atoms with Gasteiger partial charge in [-0.3, -0.25) is 0 Å². The summed E-state index contributed by atoms with van der Waals surface area (Å²) < 4.78 is 51.0. The molecule has 0 aliphatic carbocycles. The van der Waals surface area contributed by atoms with Crippen molar-refractivity contribution in [1.82, 2.24) is 5.32 Å². The molecule has 2 nitrogen and oxygen atoms in total. The summed E-state index contributed by atoms with van der Waals surface area (Å²) in [5.41, 5.74) is -0.906. The second-order valence-electron chi connectivity index (χ2n) is 4.36. The first-order valence-electron chi connectivity index (χ1n) is 5.81. The fourth-order valence-electron chi connectivity index (χ4n) is 2.00. The molecule has 1 aliphatic heterocycles. The third-order valence-electron chi connectivity index (χ3n) is 2.99. The molecule has 1 aromatic rings. The van der Waals surface area contributed by atoms with Crippen molar-refractivity contribution in [2.24, 2.45) is 0 Å². The molecule has 0 bridgehead atoms. The van der Waals surface area contributed by atoms with Gasteiger partial charge >= 0.3 is 6.18 Å². The molecule has 0 unspecified atom stereocenters. The van der Waals surface area contributed by atoms with E-state index in [1.54, 1.807) is 0 Å². The van der Waals surface area contributed by atoms with E-state index in [0.29, 0.717) is 0 Å². The first-order valence-corrected chi connectivity index (χ1v) is 5.81. The summed E-state index contributed by atoms with van der Waals surface area (Å²) in [6, 6.07) is 2.45. The van der Waals surface area contributed by atoms with Crippen LogP contribution in [0.2, 0.25) is 0 Å². The van der Waals surface area contributed by atoms with Gasteiger partial charge in [0.15, 0.2) is 0 Å². The molecule has 1 saturated heterocycles. The normalized spacial score (nSPS) is 17.8. The van der Waals surface area contributed by atoms with Crippen molar-refractivity contribution < 1.29 is 17.6 Å². The van der Waals surface area contributed by atoms with E-state index in [1.807, 2.05) is 0 Å². The van der Waals surface area contributed by atoms with E-state index in [0.717, 1.165) is 44.1 Å². The maximum Gasteiger partial charge on any atom is 0.416 e. The standard InChI is InChI=1S/C12H14F4N2/c13-10-2-1-8(12(14,15)16)7-11(10)18-9-3-5-17-6-4-9/h1-2,7,9,17-18H,3-6H2. The van der Waals surface area contributed by atoms with Crippen LogP contribution in [0, 0.1) is 5.82 Å². The molecule has 0 saturated carbocycles. The van der Waals surface area contributed by atoms with Crippen molar-refractivity contribution in [3.63, 3.8) is 0 Å². The molecule has 1 fully saturated rings. The summed E-state index contributed by atoms with van der Waals surface area (Å²) in [5, 5.41) is 5.98. The van der Waals surface area contributed by atoms with E-state index < -0.39 is 17.6 Å². The molecule has 1 heterocycles. The molecule has 0 spiro atoms. The minimum Gasteiger partial charge on any atom is -0.380 e. The Morgan fingerprint density at radius 3 is 2.44 bits per heavy atom. The molecule has 0 atom stereocenters. The highest BCUT2D eigenvalue weighted by molar-refractivity contribution is 5.48. The second-order valence-corrected chi connectivity index (χ2v) is 4.36. The van der Waals surface area contributed by atoms with Crippen molar-refractivity contribution in [2.45, 2.75) is 25.1 Å². The van der Waals surface area contributed by atoms with Crippen LogP contribution < -0.4 is 10.6 Å². The summed E-state index contributed by atoms with van der Waals surface area (Å²) in [4.78, 5) is 0. The molecule has 0 radical (unpaired) electrons. The van der Waals surface area contributed by atoms with Crippen LogP contribution >= 0.6 is 0 Å². The van der Waals surface area contributed by atoms with Crippen LogP contribution in [-0.4, -0.2) is 19.1 Å². The minimum absolute atomic E-state index is 0.0178. The van der Waals surface area contributed by atoms with Crippen molar-refractivity contribution in [1.29, 1.82) is 0 Å². The zero-order valence-electron chi connectivity index (χ0n) is 9.65. The Morgan fingerprint density at radius 2 is 1.83 bits per heavy atom. The Labute approximate surface area is 102 Å². The fourth-order valence-corrected chi connectivity index (χ4v) is 2.00. The number of nitrogens with one attached hydrogen (secondary N) is 2. The third-order valence-corrected chi connectivity index (χ3v) is 2.99. The zero-order valence-corrected chi connectivity index (χ0v) is 9.65.